The molecule has 2 rings (SSSR count). The maximum atomic E-state index is 13.4. The van der Waals surface area contributed by atoms with E-state index in [0.29, 0.717) is 16.8 Å². The van der Waals surface area contributed by atoms with Gasteiger partial charge < -0.3 is 5.11 Å². The first-order valence-electron chi connectivity index (χ1n) is 4.91. The second kappa shape index (κ2) is 4.29. The van der Waals surface area contributed by atoms with E-state index >= 15 is 0 Å². The molecular formula is C12H9FN2O2. The first-order chi connectivity index (χ1) is 8.08. The topological polar surface area (TPSA) is 63.1 Å². The fourth-order valence-electron chi connectivity index (χ4n) is 1.37. The molecule has 2 aromatic rings. The van der Waals surface area contributed by atoms with Gasteiger partial charge in [0.25, 0.3) is 0 Å². The van der Waals surface area contributed by atoms with Gasteiger partial charge in [-0.05, 0) is 24.6 Å². The van der Waals surface area contributed by atoms with Crippen LogP contribution in [-0.2, 0) is 0 Å². The maximum absolute atomic E-state index is 13.4. The van der Waals surface area contributed by atoms with Crippen molar-refractivity contribution < 1.29 is 14.3 Å². The second-order valence-electron chi connectivity index (χ2n) is 3.53. The van der Waals surface area contributed by atoms with Crippen LogP contribution in [0.4, 0.5) is 4.39 Å². The van der Waals surface area contributed by atoms with Crippen LogP contribution in [0.1, 0.15) is 16.2 Å². The van der Waals surface area contributed by atoms with Gasteiger partial charge >= 0.3 is 5.97 Å². The SMILES string of the molecule is Cc1ccc(-c2ccnc(C(=O)O)n2)cc1F. The van der Waals surface area contributed by atoms with Gasteiger partial charge in [-0.2, -0.15) is 0 Å². The first kappa shape index (κ1) is 11.2. The number of hydrogen-bond donors (Lipinski definition) is 1. The Morgan fingerprint density at radius 2 is 2.12 bits per heavy atom. The summed E-state index contributed by atoms with van der Waals surface area (Å²) in [6, 6.07) is 6.17. The molecule has 1 aromatic carbocycles. The number of hydrogen-bond acceptors (Lipinski definition) is 3. The minimum atomic E-state index is -1.21. The summed E-state index contributed by atoms with van der Waals surface area (Å²) in [6.45, 7) is 1.65. The minimum absolute atomic E-state index is 0.302. The van der Waals surface area contributed by atoms with Crippen molar-refractivity contribution in [2.45, 2.75) is 6.92 Å². The molecule has 5 heteroatoms. The lowest BCUT2D eigenvalue weighted by Crippen LogP contribution is -2.04. The van der Waals surface area contributed by atoms with Crippen molar-refractivity contribution in [3.05, 3.63) is 47.7 Å². The first-order valence-corrected chi connectivity index (χ1v) is 4.91. The molecule has 0 saturated heterocycles. The molecular weight excluding hydrogens is 223 g/mol. The van der Waals surface area contributed by atoms with E-state index in [0.717, 1.165) is 0 Å². The smallest absolute Gasteiger partial charge is 0.373 e. The van der Waals surface area contributed by atoms with Crippen molar-refractivity contribution in [2.24, 2.45) is 0 Å². The highest BCUT2D eigenvalue weighted by Crippen LogP contribution is 2.19. The zero-order chi connectivity index (χ0) is 12.4. The predicted molar refractivity (Wildman–Crippen MR) is 59.1 cm³/mol. The molecule has 0 fully saturated rings. The number of halogens is 1. The van der Waals surface area contributed by atoms with E-state index < -0.39 is 5.97 Å². The van der Waals surface area contributed by atoms with E-state index in [-0.39, 0.29) is 11.6 Å². The Kier molecular flexibility index (Phi) is 2.82. The zero-order valence-corrected chi connectivity index (χ0v) is 9.01. The molecule has 0 atom stereocenters. The van der Waals surface area contributed by atoms with Crippen molar-refractivity contribution in [3.8, 4) is 11.3 Å². The summed E-state index contributed by atoms with van der Waals surface area (Å²) >= 11 is 0. The molecule has 0 aliphatic heterocycles. The molecule has 0 aliphatic rings. The highest BCUT2D eigenvalue weighted by molar-refractivity contribution is 5.83. The van der Waals surface area contributed by atoms with Crippen LogP contribution in [0.2, 0.25) is 0 Å². The van der Waals surface area contributed by atoms with E-state index in [1.54, 1.807) is 19.1 Å². The van der Waals surface area contributed by atoms with Crippen LogP contribution in [-0.4, -0.2) is 21.0 Å². The summed E-state index contributed by atoms with van der Waals surface area (Å²) in [6.07, 6.45) is 1.34. The molecule has 0 unspecified atom stereocenters. The van der Waals surface area contributed by atoms with Crippen LogP contribution in [0.3, 0.4) is 0 Å². The number of carboxylic acids is 1. The quantitative estimate of drug-likeness (QED) is 0.862. The Balaban J connectivity index is 2.49. The summed E-state index contributed by atoms with van der Waals surface area (Å²) in [4.78, 5) is 18.1. The summed E-state index contributed by atoms with van der Waals surface area (Å²) in [7, 11) is 0. The van der Waals surface area contributed by atoms with E-state index in [1.807, 2.05) is 0 Å². The van der Waals surface area contributed by atoms with Gasteiger partial charge in [0.1, 0.15) is 5.82 Å². The molecule has 0 radical (unpaired) electrons. The van der Waals surface area contributed by atoms with E-state index in [2.05, 4.69) is 9.97 Å². The maximum Gasteiger partial charge on any atom is 0.373 e. The lowest BCUT2D eigenvalue weighted by atomic mass is 10.1. The van der Waals surface area contributed by atoms with Gasteiger partial charge in [0.2, 0.25) is 5.82 Å². The standard InChI is InChI=1S/C12H9FN2O2/c1-7-2-3-8(6-9(7)13)10-4-5-14-11(15-10)12(16)17/h2-6H,1H3,(H,16,17). The second-order valence-corrected chi connectivity index (χ2v) is 3.53. The molecule has 0 aliphatic carbocycles. The van der Waals surface area contributed by atoms with E-state index in [4.69, 9.17) is 5.11 Å². The summed E-state index contributed by atoms with van der Waals surface area (Å²) in [5, 5.41) is 8.76. The summed E-state index contributed by atoms with van der Waals surface area (Å²) < 4.78 is 13.4. The van der Waals surface area contributed by atoms with Crippen molar-refractivity contribution in [1.82, 2.24) is 9.97 Å². The molecule has 17 heavy (non-hydrogen) atoms. The van der Waals surface area contributed by atoms with Crippen LogP contribution in [0.5, 0.6) is 0 Å². The lowest BCUT2D eigenvalue weighted by Gasteiger charge is -2.03. The zero-order valence-electron chi connectivity index (χ0n) is 9.01. The minimum Gasteiger partial charge on any atom is -0.475 e. The van der Waals surface area contributed by atoms with E-state index in [1.165, 1.54) is 18.3 Å². The van der Waals surface area contributed by atoms with Gasteiger partial charge in [0, 0.05) is 11.8 Å². The predicted octanol–water partition coefficient (Wildman–Crippen LogP) is 2.29. The molecule has 0 saturated carbocycles. The molecule has 0 spiro atoms. The van der Waals surface area contributed by atoms with Crippen LogP contribution in [0, 0.1) is 12.7 Å². The third kappa shape index (κ3) is 2.28. The highest BCUT2D eigenvalue weighted by Gasteiger charge is 2.09. The number of nitrogens with zero attached hydrogens (tertiary/aromatic N) is 2. The third-order valence-corrected chi connectivity index (χ3v) is 2.31. The van der Waals surface area contributed by atoms with Gasteiger partial charge in [-0.1, -0.05) is 12.1 Å². The molecule has 1 heterocycles. The average Bonchev–Trinajstić information content (AvgIpc) is 2.33. The van der Waals surface area contributed by atoms with Gasteiger partial charge in [0.15, 0.2) is 0 Å². The molecule has 0 amide bonds. The van der Waals surface area contributed by atoms with Crippen LogP contribution < -0.4 is 0 Å². The van der Waals surface area contributed by atoms with Gasteiger partial charge in [-0.15, -0.1) is 0 Å². The van der Waals surface area contributed by atoms with Crippen LogP contribution in [0.15, 0.2) is 30.5 Å². The van der Waals surface area contributed by atoms with Gasteiger partial charge in [-0.3, -0.25) is 0 Å². The number of aryl methyl sites for hydroxylation is 1. The largest absolute Gasteiger partial charge is 0.475 e. The lowest BCUT2D eigenvalue weighted by molar-refractivity contribution is 0.0683. The molecule has 4 nitrogen and oxygen atoms in total. The highest BCUT2D eigenvalue weighted by atomic mass is 19.1. The molecule has 86 valence electrons. The van der Waals surface area contributed by atoms with Crippen molar-refractivity contribution in [3.63, 3.8) is 0 Å². The Hall–Kier alpha value is -2.30. The van der Waals surface area contributed by atoms with Crippen LogP contribution >= 0.6 is 0 Å². The number of aromatic carboxylic acids is 1. The molecule has 1 N–H and O–H groups in total. The van der Waals surface area contributed by atoms with Gasteiger partial charge in [0.05, 0.1) is 5.69 Å². The Morgan fingerprint density at radius 1 is 1.35 bits per heavy atom. The Morgan fingerprint density at radius 3 is 2.76 bits per heavy atom. The summed E-state index contributed by atoms with van der Waals surface area (Å²) in [5.74, 6) is -1.86. The van der Waals surface area contributed by atoms with Crippen molar-refractivity contribution in [1.29, 1.82) is 0 Å². The Bertz CT molecular complexity index is 584. The van der Waals surface area contributed by atoms with Crippen LogP contribution in [0.25, 0.3) is 11.3 Å². The molecule has 0 bridgehead atoms. The number of aromatic nitrogens is 2. The monoisotopic (exact) mass is 232 g/mol. The normalized spacial score (nSPS) is 10.2. The number of carbonyl (C=O) groups is 1. The number of benzene rings is 1. The fourth-order valence-corrected chi connectivity index (χ4v) is 1.37. The van der Waals surface area contributed by atoms with E-state index in [9.17, 15) is 9.18 Å². The average molecular weight is 232 g/mol. The fraction of sp³-hybridized carbons (Fsp3) is 0.0833. The molecule has 1 aromatic heterocycles. The van der Waals surface area contributed by atoms with Crippen molar-refractivity contribution >= 4 is 5.97 Å². The third-order valence-electron chi connectivity index (χ3n) is 2.31. The number of carboxylic acid groups (broad SMARTS) is 1. The number of rotatable bonds is 2. The van der Waals surface area contributed by atoms with Gasteiger partial charge in [-0.25, -0.2) is 19.2 Å². The summed E-state index contributed by atoms with van der Waals surface area (Å²) in [5.41, 5.74) is 1.44. The van der Waals surface area contributed by atoms with Crippen molar-refractivity contribution in [2.75, 3.05) is 0 Å². The Labute approximate surface area is 96.8 Å².